The fourth-order valence-electron chi connectivity index (χ4n) is 3.84. The summed E-state index contributed by atoms with van der Waals surface area (Å²) >= 11 is 0. The van der Waals surface area contributed by atoms with E-state index >= 15 is 0 Å². The van der Waals surface area contributed by atoms with E-state index in [1.54, 1.807) is 23.6 Å². The Labute approximate surface area is 191 Å². The summed E-state index contributed by atoms with van der Waals surface area (Å²) in [5, 5.41) is 0. The average Bonchev–Trinajstić information content (AvgIpc) is 3.16. The lowest BCUT2D eigenvalue weighted by Gasteiger charge is -2.35. The van der Waals surface area contributed by atoms with Gasteiger partial charge in [-0.25, -0.2) is 13.6 Å². The number of carbonyl (C=O) groups is 1. The molecule has 2 saturated heterocycles. The van der Waals surface area contributed by atoms with Crippen LogP contribution in [0.25, 0.3) is 0 Å². The molecule has 178 valence electrons. The van der Waals surface area contributed by atoms with Gasteiger partial charge in [0.1, 0.15) is 25.1 Å². The second-order valence-electron chi connectivity index (χ2n) is 8.51. The molecule has 0 N–H and O–H groups in total. The van der Waals surface area contributed by atoms with Crippen LogP contribution >= 0.6 is 0 Å². The number of hydrogen-bond acceptors (Lipinski definition) is 6. The van der Waals surface area contributed by atoms with E-state index in [1.807, 2.05) is 30.3 Å². The van der Waals surface area contributed by atoms with Crippen LogP contribution in [0, 0.1) is 11.6 Å². The minimum atomic E-state index is -0.780. The zero-order valence-corrected chi connectivity index (χ0v) is 18.8. The van der Waals surface area contributed by atoms with Crippen molar-refractivity contribution in [2.75, 3.05) is 44.3 Å². The van der Waals surface area contributed by atoms with Crippen LogP contribution in [0.3, 0.4) is 0 Å². The van der Waals surface area contributed by atoms with Gasteiger partial charge >= 0.3 is 6.09 Å². The van der Waals surface area contributed by atoms with E-state index in [0.29, 0.717) is 32.8 Å². The molecule has 7 nitrogen and oxygen atoms in total. The Kier molecular flexibility index (Phi) is 6.99. The second-order valence-corrected chi connectivity index (χ2v) is 8.51. The predicted molar refractivity (Wildman–Crippen MR) is 117 cm³/mol. The summed E-state index contributed by atoms with van der Waals surface area (Å²) < 4.78 is 50.9. The molecule has 1 amide bonds. The zero-order chi connectivity index (χ0) is 23.4. The number of benzene rings is 2. The minimum absolute atomic E-state index is 0.0515. The van der Waals surface area contributed by atoms with Crippen molar-refractivity contribution in [2.24, 2.45) is 0 Å². The third-order valence-electron chi connectivity index (χ3n) is 5.58. The second kappa shape index (κ2) is 9.93. The quantitative estimate of drug-likeness (QED) is 0.648. The highest BCUT2D eigenvalue weighted by Gasteiger charge is 2.33. The van der Waals surface area contributed by atoms with E-state index in [2.05, 4.69) is 0 Å². The van der Waals surface area contributed by atoms with Crippen molar-refractivity contribution >= 4 is 11.8 Å². The highest BCUT2D eigenvalue weighted by molar-refractivity contribution is 5.68. The molecular weight excluding hydrogens is 434 g/mol. The molecule has 9 heteroatoms. The molecule has 4 rings (SSSR count). The number of rotatable bonds is 6. The van der Waals surface area contributed by atoms with Gasteiger partial charge < -0.3 is 28.7 Å². The van der Waals surface area contributed by atoms with Crippen LogP contribution < -0.4 is 9.64 Å². The van der Waals surface area contributed by atoms with Gasteiger partial charge in [-0.15, -0.1) is 0 Å². The Morgan fingerprint density at radius 2 is 1.82 bits per heavy atom. The largest absolute Gasteiger partial charge is 0.488 e. The molecule has 0 bridgehead atoms. The zero-order valence-electron chi connectivity index (χ0n) is 18.8. The number of ether oxygens (including phenoxy) is 4. The van der Waals surface area contributed by atoms with Gasteiger partial charge in [0.25, 0.3) is 0 Å². The summed E-state index contributed by atoms with van der Waals surface area (Å²) in [5.41, 5.74) is 1.14. The van der Waals surface area contributed by atoms with E-state index in [1.165, 1.54) is 6.07 Å². The summed E-state index contributed by atoms with van der Waals surface area (Å²) in [6, 6.07) is 11.6. The van der Waals surface area contributed by atoms with E-state index in [0.717, 1.165) is 11.6 Å². The Bertz CT molecular complexity index is 965. The Hall–Kier alpha value is -2.91. The van der Waals surface area contributed by atoms with Gasteiger partial charge in [-0.1, -0.05) is 30.3 Å². The molecule has 0 aliphatic carbocycles. The van der Waals surface area contributed by atoms with Crippen LogP contribution in [0.2, 0.25) is 0 Å². The summed E-state index contributed by atoms with van der Waals surface area (Å²) in [4.78, 5) is 15.7. The number of piperazine rings is 1. The van der Waals surface area contributed by atoms with Crippen LogP contribution in [0.5, 0.6) is 5.75 Å². The van der Waals surface area contributed by atoms with Crippen LogP contribution in [0.4, 0.5) is 19.3 Å². The first-order valence-corrected chi connectivity index (χ1v) is 10.9. The van der Waals surface area contributed by atoms with Gasteiger partial charge in [-0.05, 0) is 19.4 Å². The maximum absolute atomic E-state index is 14.5. The summed E-state index contributed by atoms with van der Waals surface area (Å²) in [6.07, 6.45) is -0.748. The predicted octanol–water partition coefficient (Wildman–Crippen LogP) is 3.95. The number of anilines is 1. The van der Waals surface area contributed by atoms with Crippen molar-refractivity contribution in [1.82, 2.24) is 4.90 Å². The SMILES string of the molecule is CC1(C)OC[C@H](COc2cc(N3CCN(C(=O)OCc4ccccc4)CC3)c(F)cc2F)O1. The number of carbonyl (C=O) groups excluding carboxylic acids is 1. The van der Waals surface area contributed by atoms with Crippen LogP contribution in [0.1, 0.15) is 19.4 Å². The fraction of sp³-hybridized carbons (Fsp3) is 0.458. The molecular formula is C24H28F2N2O5. The number of hydrogen-bond donors (Lipinski definition) is 0. The highest BCUT2D eigenvalue weighted by atomic mass is 19.1. The molecule has 2 aliphatic heterocycles. The molecule has 2 aliphatic rings. The summed E-state index contributed by atoms with van der Waals surface area (Å²) in [5.74, 6) is -2.22. The molecule has 0 aromatic heterocycles. The topological polar surface area (TPSA) is 60.5 Å². The van der Waals surface area contributed by atoms with Gasteiger partial charge in [-0.3, -0.25) is 0 Å². The Morgan fingerprint density at radius 3 is 2.48 bits per heavy atom. The van der Waals surface area contributed by atoms with Crippen LogP contribution in [-0.4, -0.2) is 62.3 Å². The number of nitrogens with zero attached hydrogens (tertiary/aromatic N) is 2. The maximum Gasteiger partial charge on any atom is 0.410 e. The molecule has 2 aromatic rings. The minimum Gasteiger partial charge on any atom is -0.488 e. The van der Waals surface area contributed by atoms with Crippen molar-refractivity contribution in [3.05, 3.63) is 59.7 Å². The first-order chi connectivity index (χ1) is 15.8. The summed E-state index contributed by atoms with van der Waals surface area (Å²) in [6.45, 7) is 5.71. The van der Waals surface area contributed by atoms with Crippen molar-refractivity contribution in [3.8, 4) is 5.75 Å². The monoisotopic (exact) mass is 462 g/mol. The van der Waals surface area contributed by atoms with Crippen molar-refractivity contribution in [2.45, 2.75) is 32.3 Å². The molecule has 33 heavy (non-hydrogen) atoms. The van der Waals surface area contributed by atoms with Gasteiger partial charge in [0.2, 0.25) is 0 Å². The molecule has 0 unspecified atom stereocenters. The molecule has 0 saturated carbocycles. The van der Waals surface area contributed by atoms with E-state index in [9.17, 15) is 13.6 Å². The lowest BCUT2D eigenvalue weighted by atomic mass is 10.2. The van der Waals surface area contributed by atoms with Gasteiger partial charge in [-0.2, -0.15) is 0 Å². The fourth-order valence-corrected chi connectivity index (χ4v) is 3.84. The standard InChI is InChI=1S/C24H28F2N2O5/c1-24(2)32-16-18(33-24)15-30-22-13-21(19(25)12-20(22)26)27-8-10-28(11-9-27)23(29)31-14-17-6-4-3-5-7-17/h3-7,12-13,18H,8-11,14-16H2,1-2H3/t18-/m0/s1. The van der Waals surface area contributed by atoms with E-state index in [-0.39, 0.29) is 30.8 Å². The van der Waals surface area contributed by atoms with E-state index < -0.39 is 23.5 Å². The van der Waals surface area contributed by atoms with Crippen molar-refractivity contribution in [1.29, 1.82) is 0 Å². The molecule has 0 spiro atoms. The maximum atomic E-state index is 14.5. The summed E-state index contributed by atoms with van der Waals surface area (Å²) in [7, 11) is 0. The van der Waals surface area contributed by atoms with Crippen LogP contribution in [-0.2, 0) is 20.8 Å². The Morgan fingerprint density at radius 1 is 1.09 bits per heavy atom. The number of halogens is 2. The van der Waals surface area contributed by atoms with Gasteiger partial charge in [0.05, 0.1) is 12.3 Å². The number of amides is 1. The lowest BCUT2D eigenvalue weighted by molar-refractivity contribution is -0.141. The van der Waals surface area contributed by atoms with Crippen molar-refractivity contribution < 1.29 is 32.5 Å². The molecule has 2 aromatic carbocycles. The van der Waals surface area contributed by atoms with Gasteiger partial charge in [0, 0.05) is 38.3 Å². The smallest absolute Gasteiger partial charge is 0.410 e. The first-order valence-electron chi connectivity index (χ1n) is 10.9. The van der Waals surface area contributed by atoms with Crippen molar-refractivity contribution in [3.63, 3.8) is 0 Å². The lowest BCUT2D eigenvalue weighted by Crippen LogP contribution is -2.49. The highest BCUT2D eigenvalue weighted by Crippen LogP contribution is 2.30. The molecule has 2 fully saturated rings. The molecule has 2 heterocycles. The molecule has 0 radical (unpaired) electrons. The Balaban J connectivity index is 1.32. The first kappa shape index (κ1) is 23.3. The normalized spacial score (nSPS) is 20.1. The molecule has 1 atom stereocenters. The van der Waals surface area contributed by atoms with E-state index in [4.69, 9.17) is 18.9 Å². The van der Waals surface area contributed by atoms with Crippen LogP contribution in [0.15, 0.2) is 42.5 Å². The van der Waals surface area contributed by atoms with Gasteiger partial charge in [0.15, 0.2) is 17.4 Å². The third kappa shape index (κ3) is 5.91. The average molecular weight is 462 g/mol. The third-order valence-corrected chi connectivity index (χ3v) is 5.58.